The Hall–Kier alpha value is -2.69. The van der Waals surface area contributed by atoms with Crippen LogP contribution in [0.2, 0.25) is 0 Å². The van der Waals surface area contributed by atoms with Crippen LogP contribution in [0.4, 0.5) is 5.69 Å². The van der Waals surface area contributed by atoms with Crippen molar-refractivity contribution in [2.45, 2.75) is 6.04 Å². The molecule has 0 spiro atoms. The lowest BCUT2D eigenvalue weighted by molar-refractivity contribution is -0.118. The Labute approximate surface area is 123 Å². The topological polar surface area (TPSA) is 73.6 Å². The van der Waals surface area contributed by atoms with Crippen LogP contribution in [0.1, 0.15) is 11.6 Å². The number of amides is 1. The summed E-state index contributed by atoms with van der Waals surface area (Å²) in [6.07, 6.45) is 0. The van der Waals surface area contributed by atoms with Gasteiger partial charge in [-0.3, -0.25) is 4.79 Å². The molecule has 0 fully saturated rings. The summed E-state index contributed by atoms with van der Waals surface area (Å²) in [6.45, 7) is 0. The zero-order valence-corrected chi connectivity index (χ0v) is 12.0. The first-order valence-electron chi connectivity index (χ1n) is 6.48. The molecule has 3 N–H and O–H groups in total. The number of hydrogen-bond donors (Lipinski definition) is 2. The summed E-state index contributed by atoms with van der Waals surface area (Å²) >= 11 is 0. The van der Waals surface area contributed by atoms with E-state index in [4.69, 9.17) is 15.2 Å². The maximum absolute atomic E-state index is 11.7. The first kappa shape index (κ1) is 14.7. The second kappa shape index (κ2) is 6.65. The fourth-order valence-electron chi connectivity index (χ4n) is 1.97. The van der Waals surface area contributed by atoms with Gasteiger partial charge in [0, 0.05) is 5.69 Å². The van der Waals surface area contributed by atoms with Crippen molar-refractivity contribution in [1.29, 1.82) is 0 Å². The van der Waals surface area contributed by atoms with Gasteiger partial charge in [0.05, 0.1) is 14.2 Å². The van der Waals surface area contributed by atoms with Crippen LogP contribution in [-0.2, 0) is 4.79 Å². The Morgan fingerprint density at radius 2 is 1.43 bits per heavy atom. The lowest BCUT2D eigenvalue weighted by Gasteiger charge is -2.17. The molecule has 0 bridgehead atoms. The molecule has 1 atom stereocenters. The van der Waals surface area contributed by atoms with Crippen LogP contribution >= 0.6 is 0 Å². The Morgan fingerprint density at radius 1 is 0.952 bits per heavy atom. The minimum atomic E-state index is -0.607. The first-order chi connectivity index (χ1) is 10.1. The Bertz CT molecular complexity index is 594. The van der Waals surface area contributed by atoms with Crippen molar-refractivity contribution in [2.24, 2.45) is 5.73 Å². The van der Waals surface area contributed by atoms with Crippen molar-refractivity contribution in [3.05, 3.63) is 54.1 Å². The lowest BCUT2D eigenvalue weighted by atomic mass is 10.1. The summed E-state index contributed by atoms with van der Waals surface area (Å²) in [4.78, 5) is 11.7. The van der Waals surface area contributed by atoms with Gasteiger partial charge in [-0.25, -0.2) is 0 Å². The third-order valence-corrected chi connectivity index (χ3v) is 3.13. The number of benzene rings is 2. The highest BCUT2D eigenvalue weighted by Gasteiger charge is 2.17. The summed E-state index contributed by atoms with van der Waals surface area (Å²) in [5.74, 6) is 1.03. The molecule has 0 saturated heterocycles. The Kier molecular flexibility index (Phi) is 4.66. The number of nitrogens with one attached hydrogen (secondary N) is 1. The molecule has 5 nitrogen and oxygen atoms in total. The number of methoxy groups -OCH3 is 2. The fourth-order valence-corrected chi connectivity index (χ4v) is 1.97. The molecule has 2 rings (SSSR count). The zero-order chi connectivity index (χ0) is 15.2. The molecule has 0 saturated carbocycles. The monoisotopic (exact) mass is 286 g/mol. The molecule has 1 amide bonds. The molecule has 0 aliphatic heterocycles. The smallest absolute Gasteiger partial charge is 0.244 e. The molecule has 0 aliphatic carbocycles. The average Bonchev–Trinajstić information content (AvgIpc) is 2.53. The van der Waals surface area contributed by atoms with E-state index in [2.05, 4.69) is 5.32 Å². The fraction of sp³-hybridized carbons (Fsp3) is 0.188. The van der Waals surface area contributed by atoms with Crippen molar-refractivity contribution in [3.8, 4) is 11.5 Å². The molecule has 21 heavy (non-hydrogen) atoms. The predicted octanol–water partition coefficient (Wildman–Crippen LogP) is 2.34. The molecule has 1 unspecified atom stereocenters. The number of primary amides is 1. The van der Waals surface area contributed by atoms with Gasteiger partial charge < -0.3 is 20.5 Å². The van der Waals surface area contributed by atoms with Crippen LogP contribution in [0.3, 0.4) is 0 Å². The quantitative estimate of drug-likeness (QED) is 0.855. The molecule has 0 radical (unpaired) electrons. The summed E-state index contributed by atoms with van der Waals surface area (Å²) < 4.78 is 10.2. The molecular formula is C16H18N2O3. The van der Waals surface area contributed by atoms with Gasteiger partial charge in [0.15, 0.2) is 0 Å². The van der Waals surface area contributed by atoms with E-state index in [0.717, 1.165) is 22.7 Å². The minimum absolute atomic E-state index is 0.448. The standard InChI is InChI=1S/C16H18N2O3/c1-20-13-7-3-11(4-8-13)15(16(17)19)18-12-5-9-14(21-2)10-6-12/h3-10,15,18H,1-2H3,(H2,17,19). The Morgan fingerprint density at radius 3 is 1.86 bits per heavy atom. The number of anilines is 1. The lowest BCUT2D eigenvalue weighted by Crippen LogP contribution is -2.27. The maximum atomic E-state index is 11.7. The van der Waals surface area contributed by atoms with Crippen LogP contribution in [0.5, 0.6) is 11.5 Å². The minimum Gasteiger partial charge on any atom is -0.497 e. The van der Waals surface area contributed by atoms with E-state index in [0.29, 0.717) is 0 Å². The van der Waals surface area contributed by atoms with Gasteiger partial charge in [-0.05, 0) is 42.0 Å². The van der Waals surface area contributed by atoms with E-state index in [-0.39, 0.29) is 0 Å². The van der Waals surface area contributed by atoms with Crippen molar-refractivity contribution < 1.29 is 14.3 Å². The van der Waals surface area contributed by atoms with E-state index in [1.807, 2.05) is 36.4 Å². The summed E-state index contributed by atoms with van der Waals surface area (Å²) in [7, 11) is 3.20. The van der Waals surface area contributed by atoms with Crippen molar-refractivity contribution >= 4 is 11.6 Å². The van der Waals surface area contributed by atoms with Gasteiger partial charge in [0.2, 0.25) is 5.91 Å². The van der Waals surface area contributed by atoms with Gasteiger partial charge >= 0.3 is 0 Å². The molecule has 0 aliphatic rings. The van der Waals surface area contributed by atoms with E-state index in [9.17, 15) is 4.79 Å². The van der Waals surface area contributed by atoms with E-state index in [1.54, 1.807) is 26.4 Å². The molecule has 0 heterocycles. The zero-order valence-electron chi connectivity index (χ0n) is 12.0. The normalized spacial score (nSPS) is 11.5. The van der Waals surface area contributed by atoms with Crippen molar-refractivity contribution in [2.75, 3.05) is 19.5 Å². The van der Waals surface area contributed by atoms with Gasteiger partial charge in [-0.15, -0.1) is 0 Å². The predicted molar refractivity (Wildman–Crippen MR) is 81.5 cm³/mol. The number of carbonyl (C=O) groups excluding carboxylic acids is 1. The third kappa shape index (κ3) is 3.66. The van der Waals surface area contributed by atoms with Crippen LogP contribution in [0.15, 0.2) is 48.5 Å². The van der Waals surface area contributed by atoms with Crippen molar-refractivity contribution in [1.82, 2.24) is 0 Å². The second-order valence-corrected chi connectivity index (χ2v) is 4.48. The van der Waals surface area contributed by atoms with Gasteiger partial charge in [-0.1, -0.05) is 12.1 Å². The number of hydrogen-bond acceptors (Lipinski definition) is 4. The maximum Gasteiger partial charge on any atom is 0.244 e. The van der Waals surface area contributed by atoms with Gasteiger partial charge in [0.1, 0.15) is 17.5 Å². The van der Waals surface area contributed by atoms with Crippen LogP contribution in [-0.4, -0.2) is 20.1 Å². The SMILES string of the molecule is COc1ccc(NC(C(N)=O)c2ccc(OC)cc2)cc1. The molecule has 0 aromatic heterocycles. The molecule has 110 valence electrons. The summed E-state index contributed by atoms with van der Waals surface area (Å²) in [5.41, 5.74) is 7.05. The molecule has 2 aromatic rings. The number of ether oxygens (including phenoxy) is 2. The van der Waals surface area contributed by atoms with E-state index < -0.39 is 11.9 Å². The highest BCUT2D eigenvalue weighted by atomic mass is 16.5. The third-order valence-electron chi connectivity index (χ3n) is 3.13. The molecule has 5 heteroatoms. The number of carbonyl (C=O) groups is 1. The highest BCUT2D eigenvalue weighted by Crippen LogP contribution is 2.23. The van der Waals surface area contributed by atoms with Gasteiger partial charge in [0.25, 0.3) is 0 Å². The summed E-state index contributed by atoms with van der Waals surface area (Å²) in [6, 6.07) is 13.9. The number of nitrogens with two attached hydrogens (primary N) is 1. The molecule has 2 aromatic carbocycles. The Balaban J connectivity index is 2.19. The van der Waals surface area contributed by atoms with Crippen LogP contribution in [0.25, 0.3) is 0 Å². The van der Waals surface area contributed by atoms with E-state index >= 15 is 0 Å². The van der Waals surface area contributed by atoms with Gasteiger partial charge in [-0.2, -0.15) is 0 Å². The first-order valence-corrected chi connectivity index (χ1v) is 6.48. The largest absolute Gasteiger partial charge is 0.497 e. The molecular weight excluding hydrogens is 268 g/mol. The second-order valence-electron chi connectivity index (χ2n) is 4.48. The number of rotatable bonds is 6. The van der Waals surface area contributed by atoms with Crippen LogP contribution < -0.4 is 20.5 Å². The van der Waals surface area contributed by atoms with E-state index in [1.165, 1.54) is 0 Å². The summed E-state index contributed by atoms with van der Waals surface area (Å²) in [5, 5.41) is 3.11. The van der Waals surface area contributed by atoms with Crippen LogP contribution in [0, 0.1) is 0 Å². The average molecular weight is 286 g/mol. The van der Waals surface area contributed by atoms with Crippen molar-refractivity contribution in [3.63, 3.8) is 0 Å². The highest BCUT2D eigenvalue weighted by molar-refractivity contribution is 5.84.